The summed E-state index contributed by atoms with van der Waals surface area (Å²) >= 11 is 1.61. The maximum Gasteiger partial charge on any atom is 0.292 e. The minimum atomic E-state index is -0.613. The van der Waals surface area contributed by atoms with Crippen molar-refractivity contribution in [1.29, 1.82) is 0 Å². The fraction of sp³-hybridized carbons (Fsp3) is 0.214. The maximum atomic E-state index is 11.2. The molecule has 1 atom stereocenters. The van der Waals surface area contributed by atoms with Gasteiger partial charge in [-0.05, 0) is 47.9 Å². The third-order valence-corrected chi connectivity index (χ3v) is 3.73. The van der Waals surface area contributed by atoms with Gasteiger partial charge in [0, 0.05) is 17.7 Å². The normalized spacial score (nSPS) is 11.9. The van der Waals surface area contributed by atoms with E-state index in [-0.39, 0.29) is 17.3 Å². The summed E-state index contributed by atoms with van der Waals surface area (Å²) in [5.41, 5.74) is 6.85. The zero-order chi connectivity index (χ0) is 15.4. The van der Waals surface area contributed by atoms with Crippen LogP contribution in [-0.4, -0.2) is 16.9 Å². The Hall–Kier alpha value is -2.41. The molecule has 1 unspecified atom stereocenters. The van der Waals surface area contributed by atoms with E-state index >= 15 is 0 Å². The average Bonchev–Trinajstić information content (AvgIpc) is 2.90. The number of hydrogen-bond acceptors (Lipinski definition) is 5. The van der Waals surface area contributed by atoms with Crippen LogP contribution >= 0.6 is 11.3 Å². The molecule has 7 heteroatoms. The molecule has 1 heterocycles. The molecule has 0 radical (unpaired) electrons. The minimum Gasteiger partial charge on any atom is -0.377 e. The lowest BCUT2D eigenvalue weighted by molar-refractivity contribution is -0.384. The number of nitrogens with one attached hydrogen (secondary N) is 1. The standard InChI is InChI=1S/C14H15N3O3S/c1-9(6-10-4-5-21-8-10)16-12-7-11(14(15)18)2-3-13(12)17(19)20/h2-5,7-9,16H,6H2,1H3,(H2,15,18). The molecule has 3 N–H and O–H groups in total. The summed E-state index contributed by atoms with van der Waals surface area (Å²) < 4.78 is 0. The molecule has 0 bridgehead atoms. The van der Waals surface area contributed by atoms with Crippen LogP contribution in [0, 0.1) is 10.1 Å². The predicted octanol–water partition coefficient (Wildman–Crippen LogP) is 2.80. The Morgan fingerprint density at radius 1 is 1.48 bits per heavy atom. The number of benzene rings is 1. The van der Waals surface area contributed by atoms with Gasteiger partial charge in [-0.25, -0.2) is 0 Å². The highest BCUT2D eigenvalue weighted by Gasteiger charge is 2.17. The Bertz CT molecular complexity index is 655. The van der Waals surface area contributed by atoms with Gasteiger partial charge in [0.25, 0.3) is 5.69 Å². The highest BCUT2D eigenvalue weighted by Crippen LogP contribution is 2.26. The molecule has 21 heavy (non-hydrogen) atoms. The fourth-order valence-corrected chi connectivity index (χ4v) is 2.72. The lowest BCUT2D eigenvalue weighted by atomic mass is 10.1. The summed E-state index contributed by atoms with van der Waals surface area (Å²) in [5, 5.41) is 18.2. The van der Waals surface area contributed by atoms with Gasteiger partial charge in [0.15, 0.2) is 0 Å². The van der Waals surface area contributed by atoms with Crippen LogP contribution in [0.1, 0.15) is 22.8 Å². The topological polar surface area (TPSA) is 98.3 Å². The molecule has 110 valence electrons. The first-order valence-corrected chi connectivity index (χ1v) is 7.27. The van der Waals surface area contributed by atoms with Crippen LogP contribution in [0.25, 0.3) is 0 Å². The summed E-state index contributed by atoms with van der Waals surface area (Å²) in [5.74, 6) is -0.613. The number of thiophene rings is 1. The first-order valence-electron chi connectivity index (χ1n) is 6.33. The number of amides is 1. The molecule has 0 spiro atoms. The van der Waals surface area contributed by atoms with Crippen molar-refractivity contribution in [2.75, 3.05) is 5.32 Å². The molecule has 0 fully saturated rings. The van der Waals surface area contributed by atoms with E-state index in [2.05, 4.69) is 5.32 Å². The number of carbonyl (C=O) groups excluding carboxylic acids is 1. The molecule has 2 aromatic rings. The summed E-state index contributed by atoms with van der Waals surface area (Å²) in [4.78, 5) is 21.8. The number of primary amides is 1. The Balaban J connectivity index is 2.21. The number of hydrogen-bond donors (Lipinski definition) is 2. The average molecular weight is 305 g/mol. The molecule has 2 rings (SSSR count). The highest BCUT2D eigenvalue weighted by molar-refractivity contribution is 7.07. The summed E-state index contributed by atoms with van der Waals surface area (Å²) in [6, 6.07) is 6.07. The largest absolute Gasteiger partial charge is 0.377 e. The zero-order valence-corrected chi connectivity index (χ0v) is 12.2. The van der Waals surface area contributed by atoms with Crippen LogP contribution in [0.15, 0.2) is 35.0 Å². The van der Waals surface area contributed by atoms with E-state index in [4.69, 9.17) is 5.73 Å². The second-order valence-corrected chi connectivity index (χ2v) is 5.51. The lowest BCUT2D eigenvalue weighted by Crippen LogP contribution is -2.19. The summed E-state index contributed by atoms with van der Waals surface area (Å²) in [7, 11) is 0. The Labute approximate surface area is 125 Å². The van der Waals surface area contributed by atoms with Crippen LogP contribution in [0.5, 0.6) is 0 Å². The van der Waals surface area contributed by atoms with E-state index in [9.17, 15) is 14.9 Å². The molecule has 0 aliphatic carbocycles. The second-order valence-electron chi connectivity index (χ2n) is 4.73. The number of nitrogens with two attached hydrogens (primary N) is 1. The van der Waals surface area contributed by atoms with Crippen LogP contribution in [0.3, 0.4) is 0 Å². The van der Waals surface area contributed by atoms with E-state index in [0.717, 1.165) is 12.0 Å². The maximum absolute atomic E-state index is 11.2. The Kier molecular flexibility index (Phi) is 4.54. The van der Waals surface area contributed by atoms with E-state index in [1.165, 1.54) is 18.2 Å². The predicted molar refractivity (Wildman–Crippen MR) is 82.7 cm³/mol. The van der Waals surface area contributed by atoms with Crippen molar-refractivity contribution in [1.82, 2.24) is 0 Å². The fourth-order valence-electron chi connectivity index (χ4n) is 2.04. The molecule has 0 saturated carbocycles. The number of rotatable bonds is 6. The van der Waals surface area contributed by atoms with Gasteiger partial charge in [0.2, 0.25) is 5.91 Å². The molecular weight excluding hydrogens is 290 g/mol. The highest BCUT2D eigenvalue weighted by atomic mass is 32.1. The number of anilines is 1. The minimum absolute atomic E-state index is 0.0126. The first-order chi connectivity index (χ1) is 9.97. The van der Waals surface area contributed by atoms with Crippen molar-refractivity contribution in [3.63, 3.8) is 0 Å². The monoisotopic (exact) mass is 305 g/mol. The SMILES string of the molecule is CC(Cc1ccsc1)Nc1cc(C(N)=O)ccc1[N+](=O)[O-]. The zero-order valence-electron chi connectivity index (χ0n) is 11.4. The van der Waals surface area contributed by atoms with Gasteiger partial charge in [0.1, 0.15) is 5.69 Å². The van der Waals surface area contributed by atoms with Crippen LogP contribution in [0.2, 0.25) is 0 Å². The van der Waals surface area contributed by atoms with Gasteiger partial charge in [-0.15, -0.1) is 0 Å². The molecule has 0 aliphatic rings. The molecular formula is C14H15N3O3S. The van der Waals surface area contributed by atoms with E-state index in [1.54, 1.807) is 11.3 Å². The van der Waals surface area contributed by atoms with Crippen LogP contribution < -0.4 is 11.1 Å². The molecule has 0 saturated heterocycles. The van der Waals surface area contributed by atoms with Gasteiger partial charge in [-0.1, -0.05) is 0 Å². The number of nitro groups is 1. The molecule has 1 aromatic heterocycles. The van der Waals surface area contributed by atoms with Crippen molar-refractivity contribution in [3.05, 3.63) is 56.3 Å². The van der Waals surface area contributed by atoms with Crippen molar-refractivity contribution in [2.45, 2.75) is 19.4 Å². The lowest BCUT2D eigenvalue weighted by Gasteiger charge is -2.15. The van der Waals surface area contributed by atoms with Gasteiger partial charge in [-0.2, -0.15) is 11.3 Å². The number of carbonyl (C=O) groups is 1. The van der Waals surface area contributed by atoms with Gasteiger partial charge in [0.05, 0.1) is 4.92 Å². The van der Waals surface area contributed by atoms with Gasteiger partial charge >= 0.3 is 0 Å². The summed E-state index contributed by atoms with van der Waals surface area (Å²) in [6.07, 6.45) is 0.738. The summed E-state index contributed by atoms with van der Waals surface area (Å²) in [6.45, 7) is 1.93. The van der Waals surface area contributed by atoms with Gasteiger partial charge < -0.3 is 11.1 Å². The van der Waals surface area contributed by atoms with Crippen molar-refractivity contribution in [3.8, 4) is 0 Å². The van der Waals surface area contributed by atoms with Crippen molar-refractivity contribution < 1.29 is 9.72 Å². The second kappa shape index (κ2) is 6.36. The number of nitro benzene ring substituents is 1. The number of nitrogens with zero attached hydrogens (tertiary/aromatic N) is 1. The molecule has 1 amide bonds. The van der Waals surface area contributed by atoms with Gasteiger partial charge in [-0.3, -0.25) is 14.9 Å². The van der Waals surface area contributed by atoms with E-state index in [1.807, 2.05) is 23.8 Å². The Morgan fingerprint density at radius 3 is 2.81 bits per heavy atom. The van der Waals surface area contributed by atoms with E-state index in [0.29, 0.717) is 5.69 Å². The Morgan fingerprint density at radius 2 is 2.24 bits per heavy atom. The quantitative estimate of drug-likeness (QED) is 0.633. The molecule has 1 aromatic carbocycles. The van der Waals surface area contributed by atoms with Crippen LogP contribution in [-0.2, 0) is 6.42 Å². The third-order valence-electron chi connectivity index (χ3n) is 3.00. The molecule has 6 nitrogen and oxygen atoms in total. The smallest absolute Gasteiger partial charge is 0.292 e. The van der Waals surface area contributed by atoms with E-state index < -0.39 is 10.8 Å². The van der Waals surface area contributed by atoms with Crippen molar-refractivity contribution in [2.24, 2.45) is 5.73 Å². The first kappa shape index (κ1) is 15.0. The third kappa shape index (κ3) is 3.79. The molecule has 0 aliphatic heterocycles. The van der Waals surface area contributed by atoms with Crippen LogP contribution in [0.4, 0.5) is 11.4 Å². The van der Waals surface area contributed by atoms with Crippen molar-refractivity contribution >= 4 is 28.6 Å².